The van der Waals surface area contributed by atoms with Crippen molar-refractivity contribution in [3.05, 3.63) is 24.4 Å². The summed E-state index contributed by atoms with van der Waals surface area (Å²) in [6.45, 7) is 0. The maximum Gasteiger partial charge on any atom is 0.0670 e. The van der Waals surface area contributed by atoms with Crippen LogP contribution in [0, 0.1) is 0 Å². The molecule has 1 aliphatic rings. The van der Waals surface area contributed by atoms with Crippen LogP contribution in [0.3, 0.4) is 0 Å². The lowest BCUT2D eigenvalue weighted by Gasteiger charge is -2.23. The van der Waals surface area contributed by atoms with E-state index in [9.17, 15) is 0 Å². The number of aromatic amines is 1. The van der Waals surface area contributed by atoms with Crippen molar-refractivity contribution in [2.24, 2.45) is 0 Å². The minimum absolute atomic E-state index is 0.624. The van der Waals surface area contributed by atoms with Gasteiger partial charge in [0.2, 0.25) is 0 Å². The van der Waals surface area contributed by atoms with Crippen LogP contribution in [0.15, 0.2) is 24.4 Å². The molecular weight excluding hydrogens is 218 g/mol. The molecule has 84 valence electrons. The number of hydrogen-bond acceptors (Lipinski definition) is 3. The maximum atomic E-state index is 4.03. The van der Waals surface area contributed by atoms with Crippen LogP contribution in [0.5, 0.6) is 0 Å². The Balaban J connectivity index is 1.77. The highest BCUT2D eigenvalue weighted by atomic mass is 32.2. The van der Waals surface area contributed by atoms with Crippen LogP contribution in [0.1, 0.15) is 12.8 Å². The van der Waals surface area contributed by atoms with Gasteiger partial charge in [-0.05, 0) is 36.8 Å². The summed E-state index contributed by atoms with van der Waals surface area (Å²) in [7, 11) is 0. The van der Waals surface area contributed by atoms with Gasteiger partial charge in [0.1, 0.15) is 0 Å². The van der Waals surface area contributed by atoms with E-state index in [1.54, 1.807) is 0 Å². The third-order valence-corrected chi connectivity index (χ3v) is 4.19. The van der Waals surface area contributed by atoms with E-state index in [2.05, 4.69) is 33.7 Å². The molecule has 1 unspecified atom stereocenters. The van der Waals surface area contributed by atoms with Crippen molar-refractivity contribution in [1.82, 2.24) is 10.2 Å². The Hall–Kier alpha value is -1.16. The molecule has 16 heavy (non-hydrogen) atoms. The van der Waals surface area contributed by atoms with Crippen molar-refractivity contribution in [1.29, 1.82) is 0 Å². The Morgan fingerprint density at radius 3 is 3.31 bits per heavy atom. The largest absolute Gasteiger partial charge is 0.381 e. The summed E-state index contributed by atoms with van der Waals surface area (Å²) in [5.41, 5.74) is 2.30. The second kappa shape index (κ2) is 4.37. The summed E-state index contributed by atoms with van der Waals surface area (Å²) in [5.74, 6) is 2.54. The standard InChI is InChI=1S/C12H15N3S/c1-2-11(8-16-5-1)14-10-4-3-9-7-13-15-12(9)6-10/h3-4,6-7,11,14H,1-2,5,8H2,(H,13,15). The molecule has 0 bridgehead atoms. The van der Waals surface area contributed by atoms with Gasteiger partial charge in [0, 0.05) is 22.9 Å². The number of rotatable bonds is 2. The molecule has 3 nitrogen and oxygen atoms in total. The molecule has 0 saturated carbocycles. The fourth-order valence-electron chi connectivity index (χ4n) is 2.12. The second-order valence-corrected chi connectivity index (χ2v) is 5.38. The smallest absolute Gasteiger partial charge is 0.0670 e. The van der Waals surface area contributed by atoms with Crippen LogP contribution in [-0.2, 0) is 0 Å². The van der Waals surface area contributed by atoms with Gasteiger partial charge in [-0.2, -0.15) is 16.9 Å². The maximum absolute atomic E-state index is 4.03. The van der Waals surface area contributed by atoms with E-state index in [0.29, 0.717) is 6.04 Å². The first kappa shape index (κ1) is 10.0. The summed E-state index contributed by atoms with van der Waals surface area (Å²) in [5, 5.41) is 11.8. The highest BCUT2D eigenvalue weighted by Gasteiger charge is 2.13. The molecule has 1 aromatic carbocycles. The van der Waals surface area contributed by atoms with E-state index >= 15 is 0 Å². The highest BCUT2D eigenvalue weighted by Crippen LogP contribution is 2.22. The van der Waals surface area contributed by atoms with E-state index in [1.807, 2.05) is 18.0 Å². The van der Waals surface area contributed by atoms with E-state index in [-0.39, 0.29) is 0 Å². The fourth-order valence-corrected chi connectivity index (χ4v) is 3.19. The number of thioether (sulfide) groups is 1. The first-order chi connectivity index (χ1) is 7.92. The van der Waals surface area contributed by atoms with E-state index in [1.165, 1.54) is 35.4 Å². The Labute approximate surface area is 99.0 Å². The average Bonchev–Trinajstić information content (AvgIpc) is 2.77. The number of aromatic nitrogens is 2. The zero-order valence-corrected chi connectivity index (χ0v) is 9.89. The molecular formula is C12H15N3S. The molecule has 2 heterocycles. The number of fused-ring (bicyclic) bond motifs is 1. The van der Waals surface area contributed by atoms with Crippen LogP contribution >= 0.6 is 11.8 Å². The van der Waals surface area contributed by atoms with Crippen LogP contribution in [0.4, 0.5) is 5.69 Å². The van der Waals surface area contributed by atoms with E-state index < -0.39 is 0 Å². The first-order valence-corrected chi connectivity index (χ1v) is 6.85. The summed E-state index contributed by atoms with van der Waals surface area (Å²) in [4.78, 5) is 0. The molecule has 2 aromatic rings. The van der Waals surface area contributed by atoms with Crippen molar-refractivity contribution >= 4 is 28.4 Å². The van der Waals surface area contributed by atoms with Crippen molar-refractivity contribution in [3.8, 4) is 0 Å². The third kappa shape index (κ3) is 2.02. The topological polar surface area (TPSA) is 40.7 Å². The van der Waals surface area contributed by atoms with Gasteiger partial charge in [-0.3, -0.25) is 5.10 Å². The zero-order chi connectivity index (χ0) is 10.8. The van der Waals surface area contributed by atoms with Crippen LogP contribution < -0.4 is 5.32 Å². The minimum atomic E-state index is 0.624. The number of H-pyrrole nitrogens is 1. The Morgan fingerprint density at radius 2 is 2.44 bits per heavy atom. The molecule has 1 fully saturated rings. The molecule has 1 aliphatic heterocycles. The van der Waals surface area contributed by atoms with Crippen LogP contribution in [-0.4, -0.2) is 27.7 Å². The summed E-state index contributed by atoms with van der Waals surface area (Å²) in [6.07, 6.45) is 4.47. The summed E-state index contributed by atoms with van der Waals surface area (Å²) < 4.78 is 0. The number of hydrogen-bond donors (Lipinski definition) is 2. The lowest BCUT2D eigenvalue weighted by atomic mass is 10.1. The highest BCUT2D eigenvalue weighted by molar-refractivity contribution is 7.99. The number of nitrogens with one attached hydrogen (secondary N) is 2. The number of nitrogens with zero attached hydrogens (tertiary/aromatic N) is 1. The van der Waals surface area contributed by atoms with Gasteiger partial charge in [-0.1, -0.05) is 0 Å². The Bertz CT molecular complexity index is 474. The lowest BCUT2D eigenvalue weighted by molar-refractivity contribution is 0.685. The third-order valence-electron chi connectivity index (χ3n) is 2.97. The Kier molecular flexibility index (Phi) is 2.74. The second-order valence-electron chi connectivity index (χ2n) is 4.23. The first-order valence-electron chi connectivity index (χ1n) is 5.69. The predicted octanol–water partition coefficient (Wildman–Crippen LogP) is 2.87. The number of anilines is 1. The van der Waals surface area contributed by atoms with Gasteiger partial charge in [-0.15, -0.1) is 0 Å². The Morgan fingerprint density at radius 1 is 1.44 bits per heavy atom. The number of benzene rings is 1. The van der Waals surface area contributed by atoms with Crippen molar-refractivity contribution in [3.63, 3.8) is 0 Å². The predicted molar refractivity (Wildman–Crippen MR) is 70.1 cm³/mol. The van der Waals surface area contributed by atoms with Gasteiger partial charge in [0.25, 0.3) is 0 Å². The molecule has 1 saturated heterocycles. The zero-order valence-electron chi connectivity index (χ0n) is 9.07. The fraction of sp³-hybridized carbons (Fsp3) is 0.417. The summed E-state index contributed by atoms with van der Waals surface area (Å²) in [6, 6.07) is 7.01. The lowest BCUT2D eigenvalue weighted by Crippen LogP contribution is -2.25. The van der Waals surface area contributed by atoms with E-state index in [4.69, 9.17) is 0 Å². The molecule has 0 spiro atoms. The quantitative estimate of drug-likeness (QED) is 0.838. The van der Waals surface area contributed by atoms with Gasteiger partial charge < -0.3 is 5.32 Å². The van der Waals surface area contributed by atoms with Gasteiger partial charge in [0.05, 0.1) is 11.7 Å². The normalized spacial score (nSPS) is 21.1. The SMILES string of the molecule is c1cc2cn[nH]c2cc1NC1CCCSC1. The molecule has 1 atom stereocenters. The summed E-state index contributed by atoms with van der Waals surface area (Å²) >= 11 is 2.04. The molecule has 3 rings (SSSR count). The average molecular weight is 233 g/mol. The molecule has 0 aliphatic carbocycles. The monoisotopic (exact) mass is 233 g/mol. The van der Waals surface area contributed by atoms with Crippen molar-refractivity contribution in [2.75, 3.05) is 16.8 Å². The molecule has 0 radical (unpaired) electrons. The molecule has 2 N–H and O–H groups in total. The van der Waals surface area contributed by atoms with E-state index in [0.717, 1.165) is 5.52 Å². The minimum Gasteiger partial charge on any atom is -0.381 e. The van der Waals surface area contributed by atoms with Crippen LogP contribution in [0.25, 0.3) is 10.9 Å². The van der Waals surface area contributed by atoms with Gasteiger partial charge in [0.15, 0.2) is 0 Å². The van der Waals surface area contributed by atoms with Crippen molar-refractivity contribution < 1.29 is 0 Å². The van der Waals surface area contributed by atoms with Gasteiger partial charge >= 0.3 is 0 Å². The van der Waals surface area contributed by atoms with Gasteiger partial charge in [-0.25, -0.2) is 0 Å². The molecule has 1 aromatic heterocycles. The van der Waals surface area contributed by atoms with Crippen LogP contribution in [0.2, 0.25) is 0 Å². The molecule has 0 amide bonds. The van der Waals surface area contributed by atoms with Crippen molar-refractivity contribution in [2.45, 2.75) is 18.9 Å². The molecule has 4 heteroatoms.